The fourth-order valence-corrected chi connectivity index (χ4v) is 6.90. The number of hydrogen-bond acceptors (Lipinski definition) is 8. The summed E-state index contributed by atoms with van der Waals surface area (Å²) < 4.78 is 25.0. The number of carbonyl (C=O) groups is 1. The molecule has 1 aliphatic rings. The minimum atomic E-state index is -1.49. The molecule has 1 heterocycles. The van der Waals surface area contributed by atoms with Crippen molar-refractivity contribution in [3.8, 4) is 17.2 Å². The van der Waals surface area contributed by atoms with Gasteiger partial charge in [0.2, 0.25) is 5.90 Å². The average molecular weight is 788 g/mol. The topological polar surface area (TPSA) is 147 Å². The summed E-state index contributed by atoms with van der Waals surface area (Å²) in [5, 5.41) is 16.3. The molecule has 59 heavy (non-hydrogen) atoms. The van der Waals surface area contributed by atoms with E-state index < -0.39 is 11.6 Å². The van der Waals surface area contributed by atoms with Crippen molar-refractivity contribution >= 4 is 17.5 Å². The Morgan fingerprint density at radius 3 is 2.03 bits per heavy atom. The van der Waals surface area contributed by atoms with E-state index in [0.29, 0.717) is 66.7 Å². The summed E-state index contributed by atoms with van der Waals surface area (Å²) in [5.74, 6) is 1.78. The predicted octanol–water partition coefficient (Wildman–Crippen LogP) is 9.41. The van der Waals surface area contributed by atoms with Gasteiger partial charge in [0.25, 0.3) is 5.91 Å². The maximum Gasteiger partial charge on any atom is 0.252 e. The Kier molecular flexibility index (Phi) is 13.5. The Hall–Kier alpha value is -7.07. The maximum atomic E-state index is 14.9. The van der Waals surface area contributed by atoms with Crippen LogP contribution in [0.25, 0.3) is 10.4 Å². The lowest BCUT2D eigenvalue weighted by molar-refractivity contribution is -0.128. The monoisotopic (exact) mass is 787 g/mol. The van der Waals surface area contributed by atoms with Gasteiger partial charge < -0.3 is 29.4 Å². The number of aliphatic hydroxyl groups is 1. The number of amides is 1. The van der Waals surface area contributed by atoms with Crippen molar-refractivity contribution in [1.82, 2.24) is 5.32 Å². The van der Waals surface area contributed by atoms with Crippen LogP contribution in [0.15, 0.2) is 168 Å². The zero-order chi connectivity index (χ0) is 40.7. The number of nitrogens with zero attached hydrogens (tertiary/aromatic N) is 4. The lowest BCUT2D eigenvalue weighted by Gasteiger charge is -2.31. The minimum Gasteiger partial charge on any atom is -0.494 e. The van der Waals surface area contributed by atoms with Crippen LogP contribution in [-0.4, -0.2) is 42.2 Å². The molecule has 0 saturated heterocycles. The van der Waals surface area contributed by atoms with Crippen LogP contribution in [0.3, 0.4) is 0 Å². The first-order valence-electron chi connectivity index (χ1n) is 19.6. The largest absolute Gasteiger partial charge is 0.494 e. The quantitative estimate of drug-likeness (QED) is 0.0362. The van der Waals surface area contributed by atoms with Gasteiger partial charge in [-0.2, -0.15) is 0 Å². The highest BCUT2D eigenvalue weighted by molar-refractivity contribution is 6.01. The fraction of sp³-hybridized carbons (Fsp3) is 0.208. The van der Waals surface area contributed by atoms with Crippen LogP contribution >= 0.6 is 0 Å². The summed E-state index contributed by atoms with van der Waals surface area (Å²) in [6, 6.07) is 49.8. The van der Waals surface area contributed by atoms with E-state index in [2.05, 4.69) is 15.3 Å². The molecule has 0 bridgehead atoms. The number of benzene rings is 6. The van der Waals surface area contributed by atoms with Gasteiger partial charge in [0.15, 0.2) is 23.1 Å². The Balaban J connectivity index is 1.17. The molecule has 0 spiro atoms. The van der Waals surface area contributed by atoms with Gasteiger partial charge in [0, 0.05) is 47.7 Å². The molecule has 0 aromatic heterocycles. The average Bonchev–Trinajstić information content (AvgIpc) is 3.67. The summed E-state index contributed by atoms with van der Waals surface area (Å²) >= 11 is 0. The highest BCUT2D eigenvalue weighted by atomic mass is 16.5. The van der Waals surface area contributed by atoms with E-state index in [4.69, 9.17) is 29.0 Å². The molecular weight excluding hydrogens is 743 g/mol. The van der Waals surface area contributed by atoms with Gasteiger partial charge in [-0.3, -0.25) is 4.79 Å². The number of aliphatic hydroxyl groups excluding tert-OH is 1. The fourth-order valence-electron chi connectivity index (χ4n) is 6.90. The molecule has 1 amide bonds. The van der Waals surface area contributed by atoms with E-state index in [1.54, 1.807) is 30.3 Å². The molecule has 11 nitrogen and oxygen atoms in total. The van der Waals surface area contributed by atoms with E-state index >= 15 is 0 Å². The number of rotatable bonds is 19. The summed E-state index contributed by atoms with van der Waals surface area (Å²) in [7, 11) is 0. The number of hydrogen-bond donors (Lipinski definition) is 2. The van der Waals surface area contributed by atoms with E-state index in [1.165, 1.54) is 0 Å². The molecule has 1 aliphatic heterocycles. The van der Waals surface area contributed by atoms with Gasteiger partial charge in [-0.25, -0.2) is 4.99 Å². The number of nitrogens with one attached hydrogen (secondary N) is 1. The van der Waals surface area contributed by atoms with Gasteiger partial charge in [0.1, 0.15) is 19.0 Å². The van der Waals surface area contributed by atoms with Crippen LogP contribution in [0.2, 0.25) is 0 Å². The Morgan fingerprint density at radius 1 is 0.746 bits per heavy atom. The molecule has 0 radical (unpaired) electrons. The van der Waals surface area contributed by atoms with E-state index in [9.17, 15) is 10.3 Å². The third kappa shape index (κ3) is 10.3. The van der Waals surface area contributed by atoms with Gasteiger partial charge in [-0.1, -0.05) is 126 Å². The normalized spacial score (nSPS) is 15.6. The smallest absolute Gasteiger partial charge is 0.252 e. The van der Waals surface area contributed by atoms with Crippen molar-refractivity contribution in [3.63, 3.8) is 0 Å². The number of azide groups is 1. The molecule has 2 atom stereocenters. The van der Waals surface area contributed by atoms with Crippen LogP contribution < -0.4 is 19.5 Å². The predicted molar refractivity (Wildman–Crippen MR) is 227 cm³/mol. The lowest BCUT2D eigenvalue weighted by Crippen LogP contribution is -2.50. The first kappa shape index (κ1) is 40.1. The number of carbonyl (C=O) groups excluding carboxylic acids is 1. The summed E-state index contributed by atoms with van der Waals surface area (Å²) in [4.78, 5) is 23.1. The highest BCUT2D eigenvalue weighted by Crippen LogP contribution is 2.45. The minimum absolute atomic E-state index is 0.0354. The van der Waals surface area contributed by atoms with Crippen LogP contribution in [-0.2, 0) is 35.6 Å². The molecule has 11 heteroatoms. The summed E-state index contributed by atoms with van der Waals surface area (Å²) in [6.45, 7) is 1.45. The molecule has 7 rings (SSSR count). The van der Waals surface area contributed by atoms with Gasteiger partial charge in [-0.15, -0.1) is 0 Å². The van der Waals surface area contributed by atoms with Crippen LogP contribution in [0.5, 0.6) is 17.2 Å². The third-order valence-corrected chi connectivity index (χ3v) is 9.90. The van der Waals surface area contributed by atoms with Gasteiger partial charge >= 0.3 is 0 Å². The van der Waals surface area contributed by atoms with Crippen molar-refractivity contribution in [1.29, 1.82) is 0 Å². The lowest BCUT2D eigenvalue weighted by atomic mass is 9.81. The standard InChI is InChI=1S/C48H45N5O6/c49-53-52-42-20-11-10-19-41(42)45-48(32-36-13-4-1-5-14-36,51-46(59-45)39-22-24-40(25-23-39)56-30-12-29-54)47(55)50-28-27-35-21-26-43(57-33-37-15-6-2-7-16-37)44(31-35)58-34-38-17-8-3-9-18-38/h1-11,13-26,31,45,54H,12,27-30,32-34H2,(H,50,55)/t45-,48-/m1/s1. The Morgan fingerprint density at radius 2 is 1.37 bits per heavy atom. The highest BCUT2D eigenvalue weighted by Gasteiger charge is 2.53. The number of aliphatic imine (C=N–C) groups is 1. The Bertz CT molecular complexity index is 2370. The molecule has 0 fully saturated rings. The van der Waals surface area contributed by atoms with Crippen LogP contribution in [0.4, 0.5) is 5.69 Å². The molecule has 2 N–H and O–H groups in total. The maximum absolute atomic E-state index is 14.9. The molecule has 298 valence electrons. The van der Waals surface area contributed by atoms with Crippen molar-refractivity contribution in [2.45, 2.75) is 44.1 Å². The second-order valence-electron chi connectivity index (χ2n) is 14.0. The van der Waals surface area contributed by atoms with Crippen LogP contribution in [0, 0.1) is 0 Å². The SMILES string of the molecule is [N-]=[N+]=Nc1ccccc1[C@H]1OC(c2ccc(OCCCO)cc2)=N[C@@]1(Cc1ccccc1)C(=O)NCCc1ccc(OCc2ccccc2)c(OCc2ccccc2)c1. The van der Waals surface area contributed by atoms with Gasteiger partial charge in [0.05, 0.1) is 6.61 Å². The van der Waals surface area contributed by atoms with Crippen molar-refractivity contribution in [2.75, 3.05) is 19.8 Å². The molecule has 0 aliphatic carbocycles. The van der Waals surface area contributed by atoms with E-state index in [1.807, 2.05) is 127 Å². The van der Waals surface area contributed by atoms with E-state index in [0.717, 1.165) is 22.3 Å². The second kappa shape index (κ2) is 19.9. The molecule has 6 aromatic rings. The first-order valence-corrected chi connectivity index (χ1v) is 19.6. The van der Waals surface area contributed by atoms with Gasteiger partial charge in [-0.05, 0) is 70.6 Å². The second-order valence-corrected chi connectivity index (χ2v) is 14.0. The van der Waals surface area contributed by atoms with E-state index in [-0.39, 0.29) is 31.4 Å². The number of ether oxygens (including phenoxy) is 4. The first-order chi connectivity index (χ1) is 29.0. The third-order valence-electron chi connectivity index (χ3n) is 9.90. The molecule has 0 saturated carbocycles. The summed E-state index contributed by atoms with van der Waals surface area (Å²) in [5.41, 5.74) is 13.4. The molecular formula is C48H45N5O6. The zero-order valence-corrected chi connectivity index (χ0v) is 32.5. The van der Waals surface area contributed by atoms with Crippen molar-refractivity contribution < 1.29 is 28.8 Å². The van der Waals surface area contributed by atoms with Crippen molar-refractivity contribution in [2.24, 2.45) is 10.1 Å². The zero-order valence-electron chi connectivity index (χ0n) is 32.5. The Labute approximate surface area is 343 Å². The molecule has 0 unspecified atom stereocenters. The van der Waals surface area contributed by atoms with Crippen molar-refractivity contribution in [3.05, 3.63) is 202 Å². The molecule has 6 aromatic carbocycles. The summed E-state index contributed by atoms with van der Waals surface area (Å²) in [6.07, 6.45) is 0.256. The van der Waals surface area contributed by atoms with Crippen LogP contribution in [0.1, 0.15) is 45.9 Å².